The number of aromatic nitrogens is 4. The molecule has 5 N–H and O–H groups in total. The Morgan fingerprint density at radius 1 is 0.625 bits per heavy atom. The first-order chi connectivity index (χ1) is 41.4. The zero-order valence-corrected chi connectivity index (χ0v) is 53.3. The van der Waals surface area contributed by atoms with Crippen molar-refractivity contribution >= 4 is 64.0 Å². The standard InChI is InChI=1S/C34H46N6O6S.C29H38N6O4S.CH4/c1-20(2)29(27-17-28(37-46-27)38-12-14-39(15-13-38)33(44)45-34(5,6)7)32(43)40-18-25(41)16-26(40)31(42)36-21(3)23-8-10-24(11-9-23)30-22(4)35-19-47-30;1-17(2)26(24-14-25(33-39-24)34-11-9-30-10-12-34)29(38)35-15-22(36)13-23(35)28(37)32-18(3)20-5-7-21(8-6-20)27-19(4)31-16-40-27;/h8-11,17,19-21,25-26,29,41H,12-16,18H2,1-7H3,(H,36,42);5-8,14,16-18,22-23,26,30,36H,9-13,15H2,1-4H3,(H,32,37);1H4/t21-,25+,26-,29+;18-,22+,23-,26+;/m00./s1. The number of thiazole rings is 2. The number of aliphatic hydroxyl groups is 2. The fourth-order valence-electron chi connectivity index (χ4n) is 11.7. The molecule has 4 aliphatic rings. The average Bonchev–Trinajstić information content (AvgIpc) is 1.96. The maximum Gasteiger partial charge on any atom is 0.410 e. The van der Waals surface area contributed by atoms with E-state index in [1.807, 2.05) is 147 Å². The van der Waals surface area contributed by atoms with Gasteiger partial charge in [-0.15, -0.1) is 22.7 Å². The Balaban J connectivity index is 0.000000228. The second-order valence-electron chi connectivity index (χ2n) is 24.8. The number of aryl methyl sites for hydroxylation is 2. The number of likely N-dealkylation sites (tertiary alicyclic amines) is 2. The molecule has 4 aliphatic heterocycles. The summed E-state index contributed by atoms with van der Waals surface area (Å²) in [6.07, 6.45) is -1.57. The molecule has 88 heavy (non-hydrogen) atoms. The van der Waals surface area contributed by atoms with Crippen LogP contribution in [0.4, 0.5) is 16.4 Å². The van der Waals surface area contributed by atoms with Gasteiger partial charge in [0.2, 0.25) is 23.6 Å². The van der Waals surface area contributed by atoms with E-state index in [9.17, 15) is 34.2 Å². The van der Waals surface area contributed by atoms with Gasteiger partial charge in [-0.3, -0.25) is 19.2 Å². The Morgan fingerprint density at radius 3 is 1.39 bits per heavy atom. The third kappa shape index (κ3) is 15.8. The van der Waals surface area contributed by atoms with E-state index in [4.69, 9.17) is 13.8 Å². The Labute approximate surface area is 524 Å². The number of carbonyl (C=O) groups excluding carboxylic acids is 5. The third-order valence-corrected chi connectivity index (χ3v) is 18.4. The highest BCUT2D eigenvalue weighted by Gasteiger charge is 2.46. The smallest absolute Gasteiger partial charge is 0.410 e. The summed E-state index contributed by atoms with van der Waals surface area (Å²) in [5, 5.41) is 39.0. The predicted octanol–water partition coefficient (Wildman–Crippen LogP) is 8.47. The van der Waals surface area contributed by atoms with Crippen LogP contribution in [0.5, 0.6) is 0 Å². The second kappa shape index (κ2) is 28.9. The summed E-state index contributed by atoms with van der Waals surface area (Å²) < 4.78 is 16.9. The third-order valence-electron chi connectivity index (χ3n) is 16.5. The van der Waals surface area contributed by atoms with Crippen molar-refractivity contribution < 1.29 is 48.0 Å². The van der Waals surface area contributed by atoms with E-state index >= 15 is 0 Å². The van der Waals surface area contributed by atoms with Crippen molar-refractivity contribution in [3.8, 4) is 20.9 Å². The van der Waals surface area contributed by atoms with Crippen molar-refractivity contribution in [2.45, 2.75) is 150 Å². The van der Waals surface area contributed by atoms with Gasteiger partial charge in [0.1, 0.15) is 29.5 Å². The molecule has 10 rings (SSSR count). The summed E-state index contributed by atoms with van der Waals surface area (Å²) in [6, 6.07) is 17.5. The summed E-state index contributed by atoms with van der Waals surface area (Å²) in [6.45, 7) is 26.6. The van der Waals surface area contributed by atoms with Crippen LogP contribution >= 0.6 is 22.7 Å². The van der Waals surface area contributed by atoms with Gasteiger partial charge in [0.15, 0.2) is 23.2 Å². The molecule has 4 fully saturated rings. The monoisotopic (exact) mass is 1250 g/mol. The second-order valence-corrected chi connectivity index (χ2v) is 26.5. The molecule has 22 nitrogen and oxygen atoms in total. The van der Waals surface area contributed by atoms with Crippen molar-refractivity contribution in [2.24, 2.45) is 11.8 Å². The van der Waals surface area contributed by atoms with Crippen molar-refractivity contribution in [1.29, 1.82) is 0 Å². The maximum absolute atomic E-state index is 14.1. The van der Waals surface area contributed by atoms with E-state index in [1.165, 1.54) is 9.80 Å². The molecule has 4 saturated heterocycles. The number of nitrogens with one attached hydrogen (secondary N) is 3. The highest BCUT2D eigenvalue weighted by Crippen LogP contribution is 2.36. The maximum atomic E-state index is 14.1. The molecule has 0 aliphatic carbocycles. The molecule has 0 spiro atoms. The molecule has 0 radical (unpaired) electrons. The molecule has 2 aromatic carbocycles. The number of hydrogen-bond acceptors (Lipinski definition) is 19. The zero-order valence-electron chi connectivity index (χ0n) is 51.7. The number of amides is 5. The number of hydrogen-bond donors (Lipinski definition) is 5. The Morgan fingerprint density at radius 2 is 1.02 bits per heavy atom. The summed E-state index contributed by atoms with van der Waals surface area (Å²) in [5.41, 5.74) is 9.12. The SMILES string of the molecule is C.Cc1ncsc1-c1ccc([C@H](C)NC(=O)[C@@H]2C[C@@H](O)CN2C(=O)[C@@H](c2cc(N3CCN(C(=O)OC(C)(C)C)CC3)no2)C(C)C)cc1.Cc1ncsc1-c1ccc([C@H](C)NC(=O)[C@@H]2C[C@@H](O)CN2C(=O)[C@@H](c2cc(N3CCNCC3)no2)C(C)C)cc1. The minimum atomic E-state index is -0.816. The molecule has 476 valence electrons. The van der Waals surface area contributed by atoms with Crippen molar-refractivity contribution in [3.63, 3.8) is 0 Å². The van der Waals surface area contributed by atoms with Crippen LogP contribution in [0, 0.1) is 25.7 Å². The first-order valence-electron chi connectivity index (χ1n) is 30.1. The van der Waals surface area contributed by atoms with Gasteiger partial charge in [-0.2, -0.15) is 0 Å². The van der Waals surface area contributed by atoms with Crippen molar-refractivity contribution in [2.75, 3.05) is 75.2 Å². The molecule has 0 bridgehead atoms. The normalized spacial score (nSPS) is 20.2. The minimum Gasteiger partial charge on any atom is -0.444 e. The van der Waals surface area contributed by atoms with E-state index in [2.05, 4.69) is 41.1 Å². The largest absolute Gasteiger partial charge is 0.444 e. The molecule has 24 heteroatoms. The molecule has 0 saturated carbocycles. The van der Waals surface area contributed by atoms with Crippen LogP contribution < -0.4 is 25.8 Å². The average molecular weight is 1250 g/mol. The molecule has 5 amide bonds. The number of nitrogens with zero attached hydrogens (tertiary/aromatic N) is 9. The zero-order chi connectivity index (χ0) is 62.4. The van der Waals surface area contributed by atoms with Gasteiger partial charge in [-0.05, 0) is 82.6 Å². The van der Waals surface area contributed by atoms with Crippen LogP contribution in [0.1, 0.15) is 141 Å². The van der Waals surface area contributed by atoms with E-state index in [0.29, 0.717) is 43.5 Å². The van der Waals surface area contributed by atoms with Gasteiger partial charge in [-0.25, -0.2) is 14.8 Å². The predicted molar refractivity (Wildman–Crippen MR) is 340 cm³/mol. The highest BCUT2D eigenvalue weighted by atomic mass is 32.1. The number of benzene rings is 2. The Kier molecular flexibility index (Phi) is 21.9. The summed E-state index contributed by atoms with van der Waals surface area (Å²) in [7, 11) is 0. The molecule has 0 unspecified atom stereocenters. The Bertz CT molecular complexity index is 3300. The first-order valence-corrected chi connectivity index (χ1v) is 31.9. The number of rotatable bonds is 16. The number of ether oxygens (including phenoxy) is 1. The lowest BCUT2D eigenvalue weighted by atomic mass is 9.91. The van der Waals surface area contributed by atoms with E-state index in [-0.39, 0.29) is 87.0 Å². The van der Waals surface area contributed by atoms with Gasteiger partial charge in [-0.1, -0.05) is 94.0 Å². The molecular weight excluding hydrogens is 1160 g/mol. The summed E-state index contributed by atoms with van der Waals surface area (Å²) >= 11 is 3.19. The number of carbonyl (C=O) groups is 5. The van der Waals surface area contributed by atoms with Gasteiger partial charge in [0.05, 0.1) is 56.5 Å². The fraction of sp³-hybridized carbons (Fsp3) is 0.547. The van der Waals surface area contributed by atoms with E-state index in [1.54, 1.807) is 33.6 Å². The van der Waals surface area contributed by atoms with Crippen molar-refractivity contribution in [3.05, 3.63) is 106 Å². The lowest BCUT2D eigenvalue weighted by Crippen LogP contribution is -2.50. The van der Waals surface area contributed by atoms with Gasteiger partial charge in [0.25, 0.3) is 0 Å². The molecule has 4 aromatic heterocycles. The minimum absolute atomic E-state index is 0. The molecular formula is C64H88N12O10S2. The number of anilines is 2. The van der Waals surface area contributed by atoms with Crippen LogP contribution in [0.2, 0.25) is 0 Å². The van der Waals surface area contributed by atoms with Gasteiger partial charge < -0.3 is 64.4 Å². The lowest BCUT2D eigenvalue weighted by molar-refractivity contribution is -0.141. The number of aliphatic hydroxyl groups excluding tert-OH is 2. The number of β-amino-alcohol motifs (C(OH)–C–C–N with tert-alkyl or cyclic N) is 2. The fourth-order valence-corrected chi connectivity index (χ4v) is 13.3. The van der Waals surface area contributed by atoms with E-state index in [0.717, 1.165) is 75.4 Å². The van der Waals surface area contributed by atoms with E-state index < -0.39 is 41.7 Å². The highest BCUT2D eigenvalue weighted by molar-refractivity contribution is 7.13. The summed E-state index contributed by atoms with van der Waals surface area (Å²) in [5.74, 6) is -0.457. The van der Waals surface area contributed by atoms with Crippen LogP contribution in [0.3, 0.4) is 0 Å². The summed E-state index contributed by atoms with van der Waals surface area (Å²) in [4.78, 5) is 87.2. The lowest BCUT2D eigenvalue weighted by Gasteiger charge is -2.35. The van der Waals surface area contributed by atoms with Gasteiger partial charge >= 0.3 is 6.09 Å². The first kappa shape index (κ1) is 66.7. The Hall–Kier alpha value is -7.25. The van der Waals surface area contributed by atoms with Crippen LogP contribution in [0.25, 0.3) is 20.9 Å². The van der Waals surface area contributed by atoms with Crippen LogP contribution in [0.15, 0.2) is 80.7 Å². The quantitative estimate of drug-likeness (QED) is 0.0608. The van der Waals surface area contributed by atoms with Gasteiger partial charge in [0, 0.05) is 90.4 Å². The van der Waals surface area contributed by atoms with Crippen LogP contribution in [-0.2, 0) is 23.9 Å². The van der Waals surface area contributed by atoms with Crippen LogP contribution in [-0.4, -0.2) is 170 Å². The van der Waals surface area contributed by atoms with Crippen molar-refractivity contribution in [1.82, 2.24) is 50.9 Å². The molecule has 6 aromatic rings. The number of piperazine rings is 2. The topological polar surface area (TPSA) is 265 Å². The molecule has 8 atom stereocenters. The molecule has 8 heterocycles.